The van der Waals surface area contributed by atoms with E-state index in [0.29, 0.717) is 0 Å². The molecular formula is C13H14N2OS. The van der Waals surface area contributed by atoms with Crippen molar-refractivity contribution in [3.63, 3.8) is 0 Å². The van der Waals surface area contributed by atoms with E-state index in [1.54, 1.807) is 0 Å². The second-order valence-corrected chi connectivity index (χ2v) is 4.49. The van der Waals surface area contributed by atoms with E-state index < -0.39 is 0 Å². The van der Waals surface area contributed by atoms with Gasteiger partial charge in [-0.05, 0) is 18.2 Å². The van der Waals surface area contributed by atoms with Gasteiger partial charge in [0, 0.05) is 11.9 Å². The number of likely N-dealkylation sites (N-methyl/N-ethyl adjacent to an activating group) is 1. The average Bonchev–Trinajstić information content (AvgIpc) is 2.77. The lowest BCUT2D eigenvalue weighted by Crippen LogP contribution is -2.03. The molecule has 17 heavy (non-hydrogen) atoms. The molecule has 2 aromatic rings. The third-order valence-electron chi connectivity index (χ3n) is 2.37. The zero-order valence-electron chi connectivity index (χ0n) is 9.57. The Hall–Kier alpha value is -1.65. The Morgan fingerprint density at radius 2 is 2.12 bits per heavy atom. The van der Waals surface area contributed by atoms with Crippen LogP contribution in [-0.4, -0.2) is 18.6 Å². The predicted octanol–water partition coefficient (Wildman–Crippen LogP) is 2.34. The lowest BCUT2D eigenvalue weighted by molar-refractivity contribution is 0.922. The van der Waals surface area contributed by atoms with Crippen LogP contribution >= 0.6 is 11.3 Å². The molecule has 0 aliphatic carbocycles. The number of H-pyrrole nitrogens is 1. The topological polar surface area (TPSA) is 44.9 Å². The van der Waals surface area contributed by atoms with Crippen molar-refractivity contribution in [1.82, 2.24) is 10.3 Å². The number of aromatic amines is 1. The van der Waals surface area contributed by atoms with Crippen molar-refractivity contribution in [1.29, 1.82) is 0 Å². The molecule has 0 atom stereocenters. The van der Waals surface area contributed by atoms with Crippen molar-refractivity contribution < 1.29 is 0 Å². The summed E-state index contributed by atoms with van der Waals surface area (Å²) in [7, 11) is 1.92. The van der Waals surface area contributed by atoms with Gasteiger partial charge >= 0.3 is 4.87 Å². The van der Waals surface area contributed by atoms with Crippen molar-refractivity contribution in [3.8, 4) is 11.3 Å². The molecule has 0 saturated carbocycles. The molecule has 3 nitrogen and oxygen atoms in total. The van der Waals surface area contributed by atoms with E-state index >= 15 is 0 Å². The highest BCUT2D eigenvalue weighted by molar-refractivity contribution is 7.07. The molecule has 88 valence electrons. The van der Waals surface area contributed by atoms with Gasteiger partial charge in [-0.3, -0.25) is 4.79 Å². The molecule has 0 amide bonds. The summed E-state index contributed by atoms with van der Waals surface area (Å²) in [6.07, 6.45) is 4.14. The monoisotopic (exact) mass is 246 g/mol. The Balaban J connectivity index is 2.15. The van der Waals surface area contributed by atoms with Gasteiger partial charge in [0.05, 0.1) is 5.69 Å². The van der Waals surface area contributed by atoms with E-state index in [1.165, 1.54) is 11.3 Å². The predicted molar refractivity (Wildman–Crippen MR) is 73.3 cm³/mol. The highest BCUT2D eigenvalue weighted by Gasteiger charge is 1.99. The molecule has 0 unspecified atom stereocenters. The molecule has 1 heterocycles. The first kappa shape index (κ1) is 11.8. The summed E-state index contributed by atoms with van der Waals surface area (Å²) in [5, 5.41) is 4.89. The van der Waals surface area contributed by atoms with Crippen LogP contribution in [-0.2, 0) is 0 Å². The van der Waals surface area contributed by atoms with Crippen molar-refractivity contribution >= 4 is 17.4 Å². The second-order valence-electron chi connectivity index (χ2n) is 3.64. The Labute approximate surface area is 104 Å². The van der Waals surface area contributed by atoms with Gasteiger partial charge in [0.25, 0.3) is 0 Å². The number of nitrogens with one attached hydrogen (secondary N) is 2. The van der Waals surface area contributed by atoms with Gasteiger partial charge in [-0.1, -0.05) is 47.8 Å². The highest BCUT2D eigenvalue weighted by Crippen LogP contribution is 2.18. The standard InChI is InChI=1S/C13H14N2OS/c1-14-8-2-3-10-4-6-11(7-5-10)12-9-17-13(16)15-12/h2-7,9,14H,8H2,1H3,(H,15,16). The highest BCUT2D eigenvalue weighted by atomic mass is 32.1. The van der Waals surface area contributed by atoms with E-state index in [2.05, 4.69) is 22.5 Å². The number of thiazole rings is 1. The Bertz CT molecular complexity index is 551. The summed E-state index contributed by atoms with van der Waals surface area (Å²) in [5.41, 5.74) is 3.07. The first-order valence-corrected chi connectivity index (χ1v) is 6.27. The molecule has 2 rings (SSSR count). The fourth-order valence-corrected chi connectivity index (χ4v) is 2.10. The van der Waals surface area contributed by atoms with Gasteiger partial charge < -0.3 is 10.3 Å². The van der Waals surface area contributed by atoms with Crippen LogP contribution in [0, 0.1) is 0 Å². The Morgan fingerprint density at radius 1 is 1.35 bits per heavy atom. The van der Waals surface area contributed by atoms with Crippen LogP contribution in [0.5, 0.6) is 0 Å². The Morgan fingerprint density at radius 3 is 2.71 bits per heavy atom. The second kappa shape index (κ2) is 5.61. The van der Waals surface area contributed by atoms with Crippen molar-refractivity contribution in [2.45, 2.75) is 0 Å². The van der Waals surface area contributed by atoms with Gasteiger partial charge in [-0.2, -0.15) is 0 Å². The Kier molecular flexibility index (Phi) is 3.90. The fraction of sp³-hybridized carbons (Fsp3) is 0.154. The summed E-state index contributed by atoms with van der Waals surface area (Å²) < 4.78 is 0. The number of rotatable bonds is 4. The molecule has 0 saturated heterocycles. The maximum absolute atomic E-state index is 11.0. The number of hydrogen-bond donors (Lipinski definition) is 2. The maximum atomic E-state index is 11.0. The van der Waals surface area contributed by atoms with Crippen molar-refractivity contribution in [2.24, 2.45) is 0 Å². The summed E-state index contributed by atoms with van der Waals surface area (Å²) in [6.45, 7) is 0.861. The van der Waals surface area contributed by atoms with Crippen molar-refractivity contribution in [2.75, 3.05) is 13.6 Å². The van der Waals surface area contributed by atoms with Crippen LogP contribution in [0.25, 0.3) is 17.3 Å². The minimum atomic E-state index is -0.0157. The van der Waals surface area contributed by atoms with E-state index in [-0.39, 0.29) is 4.87 Å². The van der Waals surface area contributed by atoms with Gasteiger partial charge in [0.15, 0.2) is 0 Å². The van der Waals surface area contributed by atoms with E-state index in [0.717, 1.165) is 23.4 Å². The third kappa shape index (κ3) is 3.15. The van der Waals surface area contributed by atoms with Crippen LogP contribution in [0.3, 0.4) is 0 Å². The van der Waals surface area contributed by atoms with Gasteiger partial charge in [0.2, 0.25) is 0 Å². The van der Waals surface area contributed by atoms with Crippen LogP contribution in [0.15, 0.2) is 40.5 Å². The maximum Gasteiger partial charge on any atom is 0.304 e. The minimum Gasteiger partial charge on any atom is -0.316 e. The smallest absolute Gasteiger partial charge is 0.304 e. The number of hydrogen-bond acceptors (Lipinski definition) is 3. The van der Waals surface area contributed by atoms with Crippen LogP contribution in [0.4, 0.5) is 0 Å². The minimum absolute atomic E-state index is 0.0157. The van der Waals surface area contributed by atoms with Crippen LogP contribution in [0.2, 0.25) is 0 Å². The zero-order valence-corrected chi connectivity index (χ0v) is 10.4. The summed E-state index contributed by atoms with van der Waals surface area (Å²) in [4.78, 5) is 13.8. The van der Waals surface area contributed by atoms with Crippen LogP contribution < -0.4 is 10.2 Å². The van der Waals surface area contributed by atoms with Crippen molar-refractivity contribution in [3.05, 3.63) is 51.0 Å². The summed E-state index contributed by atoms with van der Waals surface area (Å²) in [6, 6.07) is 8.10. The molecule has 0 aliphatic heterocycles. The van der Waals surface area contributed by atoms with Gasteiger partial charge in [-0.15, -0.1) is 0 Å². The van der Waals surface area contributed by atoms with Gasteiger partial charge in [0.1, 0.15) is 0 Å². The van der Waals surface area contributed by atoms with E-state index in [9.17, 15) is 4.79 Å². The zero-order chi connectivity index (χ0) is 12.1. The molecular weight excluding hydrogens is 232 g/mol. The quantitative estimate of drug-likeness (QED) is 0.869. The molecule has 1 aromatic carbocycles. The van der Waals surface area contributed by atoms with E-state index in [4.69, 9.17) is 0 Å². The van der Waals surface area contributed by atoms with E-state index in [1.807, 2.05) is 36.7 Å². The summed E-state index contributed by atoms with van der Waals surface area (Å²) in [5.74, 6) is 0. The molecule has 0 fully saturated rings. The lowest BCUT2D eigenvalue weighted by atomic mass is 10.1. The molecule has 0 bridgehead atoms. The summed E-state index contributed by atoms with van der Waals surface area (Å²) >= 11 is 1.19. The van der Waals surface area contributed by atoms with Crippen LogP contribution in [0.1, 0.15) is 5.56 Å². The normalized spacial score (nSPS) is 11.1. The number of benzene rings is 1. The average molecular weight is 246 g/mol. The molecule has 0 radical (unpaired) electrons. The fourth-order valence-electron chi connectivity index (χ4n) is 1.51. The molecule has 2 N–H and O–H groups in total. The molecule has 0 spiro atoms. The van der Waals surface area contributed by atoms with Gasteiger partial charge in [-0.25, -0.2) is 0 Å². The SMILES string of the molecule is CNCC=Cc1ccc(-c2csc(=O)[nH]2)cc1. The first-order valence-electron chi connectivity index (χ1n) is 5.39. The molecule has 4 heteroatoms. The third-order valence-corrected chi connectivity index (χ3v) is 3.04. The largest absolute Gasteiger partial charge is 0.316 e. The molecule has 1 aromatic heterocycles. The molecule has 0 aliphatic rings. The number of aromatic nitrogens is 1. The first-order chi connectivity index (χ1) is 8.29. The lowest BCUT2D eigenvalue weighted by Gasteiger charge is -1.98.